The molecule has 0 saturated carbocycles. The standard InChI is InChI=1S/C7H17NO3P/c1-5-11-12(10)7(9)6-8(2,3)4/h10H,5-6H2,1-4H3/q+1. The summed E-state index contributed by atoms with van der Waals surface area (Å²) in [6, 6.07) is 0. The summed E-state index contributed by atoms with van der Waals surface area (Å²) in [5.74, 6) is 0. The highest BCUT2D eigenvalue weighted by Crippen LogP contribution is 2.32. The van der Waals surface area contributed by atoms with Crippen LogP contribution in [0.25, 0.3) is 0 Å². The number of quaternary nitrogens is 1. The van der Waals surface area contributed by atoms with E-state index >= 15 is 0 Å². The van der Waals surface area contributed by atoms with Crippen LogP contribution in [0.5, 0.6) is 0 Å². The van der Waals surface area contributed by atoms with Gasteiger partial charge in [-0.1, -0.05) is 0 Å². The van der Waals surface area contributed by atoms with Gasteiger partial charge in [0.25, 0.3) is 5.52 Å². The van der Waals surface area contributed by atoms with Crippen LogP contribution in [0.3, 0.4) is 0 Å². The third-order valence-corrected chi connectivity index (χ3v) is 2.15. The molecule has 0 amide bonds. The third kappa shape index (κ3) is 5.61. The molecule has 1 N–H and O–H groups in total. The van der Waals surface area contributed by atoms with Crippen LogP contribution in [0.2, 0.25) is 0 Å². The zero-order valence-corrected chi connectivity index (χ0v) is 8.97. The largest absolute Gasteiger partial charge is 0.344 e. The summed E-state index contributed by atoms with van der Waals surface area (Å²) >= 11 is 0. The predicted molar refractivity (Wildman–Crippen MR) is 48.7 cm³/mol. The van der Waals surface area contributed by atoms with E-state index < -0.39 is 8.38 Å². The first-order chi connectivity index (χ1) is 5.37. The minimum Gasteiger partial charge on any atom is -0.344 e. The second kappa shape index (κ2) is 4.87. The summed E-state index contributed by atoms with van der Waals surface area (Å²) in [5, 5.41) is 0. The molecule has 0 fully saturated rings. The molecule has 5 heteroatoms. The van der Waals surface area contributed by atoms with Crippen molar-refractivity contribution in [3.8, 4) is 0 Å². The van der Waals surface area contributed by atoms with E-state index in [1.54, 1.807) is 6.92 Å². The average Bonchev–Trinajstić information content (AvgIpc) is 1.84. The molecule has 0 aliphatic heterocycles. The molecule has 1 unspecified atom stereocenters. The van der Waals surface area contributed by atoms with Gasteiger partial charge in [0.1, 0.15) is 6.54 Å². The van der Waals surface area contributed by atoms with E-state index in [2.05, 4.69) is 0 Å². The molecule has 72 valence electrons. The van der Waals surface area contributed by atoms with Crippen molar-refractivity contribution in [2.75, 3.05) is 34.3 Å². The van der Waals surface area contributed by atoms with Crippen molar-refractivity contribution < 1.29 is 18.7 Å². The molecule has 0 aliphatic carbocycles. The Kier molecular flexibility index (Phi) is 4.87. The molecular formula is C7H17NO3P+. The summed E-state index contributed by atoms with van der Waals surface area (Å²) in [6.07, 6.45) is 0. The lowest BCUT2D eigenvalue weighted by molar-refractivity contribution is -0.861. The molecule has 0 spiro atoms. The molecular weight excluding hydrogens is 177 g/mol. The molecule has 0 saturated heterocycles. The molecule has 12 heavy (non-hydrogen) atoms. The van der Waals surface area contributed by atoms with Gasteiger partial charge in [-0.2, -0.15) is 0 Å². The molecule has 0 aromatic heterocycles. The lowest BCUT2D eigenvalue weighted by atomic mass is 10.5. The van der Waals surface area contributed by atoms with Crippen molar-refractivity contribution in [2.24, 2.45) is 0 Å². The van der Waals surface area contributed by atoms with Gasteiger partial charge in [-0.3, -0.25) is 4.79 Å². The Hall–Kier alpha value is -0.0200. The van der Waals surface area contributed by atoms with Crippen LogP contribution in [-0.2, 0) is 9.32 Å². The number of carbonyl (C=O) groups excluding carboxylic acids is 1. The number of nitrogens with zero attached hydrogens (tertiary/aromatic N) is 1. The van der Waals surface area contributed by atoms with Crippen LogP contribution in [0.4, 0.5) is 0 Å². The van der Waals surface area contributed by atoms with Gasteiger partial charge in [0.2, 0.25) is 8.38 Å². The fourth-order valence-electron chi connectivity index (χ4n) is 0.661. The number of likely N-dealkylation sites (N-methyl/N-ethyl adjacent to an activating group) is 1. The van der Waals surface area contributed by atoms with Crippen LogP contribution in [0, 0.1) is 0 Å². The van der Waals surface area contributed by atoms with Crippen LogP contribution in [0.1, 0.15) is 6.92 Å². The smallest absolute Gasteiger partial charge is 0.263 e. The van der Waals surface area contributed by atoms with Crippen LogP contribution in [0.15, 0.2) is 0 Å². The number of hydrogen-bond acceptors (Lipinski definition) is 3. The maximum absolute atomic E-state index is 11.2. The molecule has 0 radical (unpaired) electrons. The predicted octanol–water partition coefficient (Wildman–Crippen LogP) is 0.560. The molecule has 1 atom stereocenters. The van der Waals surface area contributed by atoms with E-state index in [0.717, 1.165) is 0 Å². The highest BCUT2D eigenvalue weighted by Gasteiger charge is 2.23. The lowest BCUT2D eigenvalue weighted by Gasteiger charge is -2.23. The van der Waals surface area contributed by atoms with Crippen LogP contribution < -0.4 is 0 Å². The molecule has 0 rings (SSSR count). The van der Waals surface area contributed by atoms with Crippen molar-refractivity contribution in [3.63, 3.8) is 0 Å². The first-order valence-corrected chi connectivity index (χ1v) is 5.03. The van der Waals surface area contributed by atoms with Gasteiger partial charge in [-0.25, -0.2) is 0 Å². The lowest BCUT2D eigenvalue weighted by Crippen LogP contribution is -2.39. The number of rotatable bonds is 5. The highest BCUT2D eigenvalue weighted by atomic mass is 31.2. The van der Waals surface area contributed by atoms with Gasteiger partial charge in [-0.15, -0.1) is 0 Å². The first-order valence-electron chi connectivity index (χ1n) is 3.82. The topological polar surface area (TPSA) is 46.5 Å². The minimum absolute atomic E-state index is 0.209. The summed E-state index contributed by atoms with van der Waals surface area (Å²) < 4.78 is 5.33. The summed E-state index contributed by atoms with van der Waals surface area (Å²) in [5.41, 5.74) is -0.209. The number of carbonyl (C=O) groups is 1. The van der Waals surface area contributed by atoms with Crippen LogP contribution in [-0.4, -0.2) is 49.2 Å². The van der Waals surface area contributed by atoms with Gasteiger partial charge >= 0.3 is 0 Å². The maximum atomic E-state index is 11.2. The summed E-state index contributed by atoms with van der Waals surface area (Å²) in [7, 11) is 3.83. The Bertz CT molecular complexity index is 155. The first kappa shape index (κ1) is 12.0. The molecule has 4 nitrogen and oxygen atoms in total. The van der Waals surface area contributed by atoms with E-state index in [4.69, 9.17) is 9.42 Å². The second-order valence-corrected chi connectivity index (χ2v) is 4.84. The van der Waals surface area contributed by atoms with Gasteiger partial charge in [0.05, 0.1) is 27.7 Å². The minimum atomic E-state index is -1.86. The Morgan fingerprint density at radius 1 is 1.50 bits per heavy atom. The summed E-state index contributed by atoms with van der Waals surface area (Å²) in [6.45, 7) is 2.44. The fraction of sp³-hybridized carbons (Fsp3) is 0.857. The second-order valence-electron chi connectivity index (χ2n) is 3.53. The average molecular weight is 194 g/mol. The van der Waals surface area contributed by atoms with Gasteiger partial charge < -0.3 is 13.9 Å². The Labute approximate surface area is 74.6 Å². The van der Waals surface area contributed by atoms with Crippen molar-refractivity contribution in [1.29, 1.82) is 0 Å². The Balaban J connectivity index is 3.87. The fourth-order valence-corrected chi connectivity index (χ4v) is 1.59. The van der Waals surface area contributed by atoms with E-state index in [9.17, 15) is 4.79 Å². The van der Waals surface area contributed by atoms with E-state index in [1.807, 2.05) is 21.1 Å². The molecule has 0 aromatic rings. The quantitative estimate of drug-likeness (QED) is 0.514. The van der Waals surface area contributed by atoms with Crippen molar-refractivity contribution in [1.82, 2.24) is 0 Å². The van der Waals surface area contributed by atoms with E-state index in [-0.39, 0.29) is 5.52 Å². The van der Waals surface area contributed by atoms with Crippen molar-refractivity contribution in [2.45, 2.75) is 6.92 Å². The zero-order valence-electron chi connectivity index (χ0n) is 8.07. The van der Waals surface area contributed by atoms with Gasteiger partial charge in [0, 0.05) is 0 Å². The Morgan fingerprint density at radius 3 is 2.33 bits per heavy atom. The van der Waals surface area contributed by atoms with E-state index in [1.165, 1.54) is 0 Å². The number of hydrogen-bond donors (Lipinski definition) is 1. The maximum Gasteiger partial charge on any atom is 0.263 e. The normalized spacial score (nSPS) is 14.4. The van der Waals surface area contributed by atoms with Gasteiger partial charge in [-0.05, 0) is 6.92 Å². The molecule has 0 aromatic carbocycles. The monoisotopic (exact) mass is 194 g/mol. The van der Waals surface area contributed by atoms with Crippen molar-refractivity contribution in [3.05, 3.63) is 0 Å². The van der Waals surface area contributed by atoms with Gasteiger partial charge in [0.15, 0.2) is 0 Å². The highest BCUT2D eigenvalue weighted by molar-refractivity contribution is 7.65. The molecule has 0 heterocycles. The summed E-state index contributed by atoms with van der Waals surface area (Å²) in [4.78, 5) is 20.4. The molecule has 0 aliphatic rings. The Morgan fingerprint density at radius 2 is 2.00 bits per heavy atom. The third-order valence-electron chi connectivity index (χ3n) is 1.07. The zero-order chi connectivity index (χ0) is 9.78. The SMILES string of the molecule is CCOP(O)C(=O)C[N+](C)(C)C. The van der Waals surface area contributed by atoms with Crippen LogP contribution >= 0.6 is 8.38 Å². The van der Waals surface area contributed by atoms with E-state index in [0.29, 0.717) is 17.6 Å². The van der Waals surface area contributed by atoms with Crippen molar-refractivity contribution >= 4 is 13.9 Å². The molecule has 0 bridgehead atoms.